The number of rotatable bonds is 8. The number of nitrogens with one attached hydrogen (secondary N) is 1. The van der Waals surface area contributed by atoms with Gasteiger partial charge in [-0.1, -0.05) is 42.5 Å². The Kier molecular flexibility index (Phi) is 6.82. The minimum absolute atomic E-state index is 0.271. The second kappa shape index (κ2) is 9.97. The Morgan fingerprint density at radius 3 is 2.54 bits per heavy atom. The third kappa shape index (κ3) is 5.01. The van der Waals surface area contributed by atoms with Gasteiger partial charge >= 0.3 is 0 Å². The number of carbonyl (C=O) groups is 1. The molecule has 0 fully saturated rings. The average Bonchev–Trinajstić information content (AvgIpc) is 3.22. The summed E-state index contributed by atoms with van der Waals surface area (Å²) in [4.78, 5) is 18.2. The van der Waals surface area contributed by atoms with E-state index in [0.29, 0.717) is 24.2 Å². The molecule has 1 N–H and O–H groups in total. The van der Waals surface area contributed by atoms with Gasteiger partial charge in [-0.05, 0) is 49.7 Å². The number of halogens is 1. The van der Waals surface area contributed by atoms with E-state index in [1.165, 1.54) is 12.3 Å². The molecule has 4 aromatic rings. The molecule has 4 rings (SSSR count). The molecule has 0 radical (unpaired) electrons. The number of hydrogen-bond donors (Lipinski definition) is 1. The van der Waals surface area contributed by atoms with Gasteiger partial charge in [0, 0.05) is 24.4 Å². The lowest BCUT2D eigenvalue weighted by Crippen LogP contribution is -2.36. The van der Waals surface area contributed by atoms with E-state index in [-0.39, 0.29) is 5.70 Å². The number of para-hydroxylation sites is 1. The van der Waals surface area contributed by atoms with Crippen molar-refractivity contribution in [2.45, 2.75) is 19.4 Å². The van der Waals surface area contributed by atoms with Crippen LogP contribution in [0, 0.1) is 5.82 Å². The van der Waals surface area contributed by atoms with E-state index >= 15 is 0 Å². The molecule has 0 bridgehead atoms. The van der Waals surface area contributed by atoms with Crippen molar-refractivity contribution in [3.8, 4) is 0 Å². The van der Waals surface area contributed by atoms with E-state index in [4.69, 9.17) is 4.42 Å². The largest absolute Gasteiger partial charge is 0.456 e. The van der Waals surface area contributed by atoms with Gasteiger partial charge < -0.3 is 14.6 Å². The van der Waals surface area contributed by atoms with E-state index in [2.05, 4.69) is 23.0 Å². The summed E-state index contributed by atoms with van der Waals surface area (Å²) >= 11 is 0. The van der Waals surface area contributed by atoms with Crippen molar-refractivity contribution in [1.82, 2.24) is 10.2 Å². The summed E-state index contributed by atoms with van der Waals surface area (Å²) in [5.74, 6) is 0.00499. The number of aliphatic imine (C=N–C) groups is 1. The fourth-order valence-corrected chi connectivity index (χ4v) is 4.07. The van der Waals surface area contributed by atoms with Crippen molar-refractivity contribution in [1.29, 1.82) is 0 Å². The van der Waals surface area contributed by atoms with Crippen LogP contribution < -0.4 is 5.32 Å². The van der Waals surface area contributed by atoms with Gasteiger partial charge in [-0.2, -0.15) is 0 Å². The molecule has 0 amide bonds. The van der Waals surface area contributed by atoms with Gasteiger partial charge in [-0.15, -0.1) is 6.58 Å². The molecule has 0 unspecified atom stereocenters. The third-order valence-corrected chi connectivity index (χ3v) is 5.89. The monoisotopic (exact) mass is 469 g/mol. The minimum Gasteiger partial charge on any atom is -0.456 e. The molecule has 3 aromatic carbocycles. The van der Waals surface area contributed by atoms with Crippen molar-refractivity contribution in [2.24, 2.45) is 4.99 Å². The highest BCUT2D eigenvalue weighted by Crippen LogP contribution is 2.32. The maximum absolute atomic E-state index is 14.5. The number of benzene rings is 3. The molecule has 0 atom stereocenters. The molecule has 6 heteroatoms. The highest BCUT2D eigenvalue weighted by atomic mass is 19.1. The zero-order valence-electron chi connectivity index (χ0n) is 20.1. The zero-order chi connectivity index (χ0) is 25.0. The van der Waals surface area contributed by atoms with Gasteiger partial charge in [-0.3, -0.25) is 4.79 Å². The lowest BCUT2D eigenvalue weighted by Gasteiger charge is -2.28. The maximum Gasteiger partial charge on any atom is 0.167 e. The summed E-state index contributed by atoms with van der Waals surface area (Å²) in [5.41, 5.74) is 2.63. The molecule has 0 aliphatic rings. The molecule has 178 valence electrons. The number of hydrogen-bond acceptors (Lipinski definition) is 4. The van der Waals surface area contributed by atoms with Crippen LogP contribution in [0.2, 0.25) is 0 Å². The van der Waals surface area contributed by atoms with Gasteiger partial charge in [0.15, 0.2) is 6.29 Å². The van der Waals surface area contributed by atoms with E-state index in [9.17, 15) is 9.18 Å². The maximum atomic E-state index is 14.5. The molecule has 35 heavy (non-hydrogen) atoms. The van der Waals surface area contributed by atoms with Crippen LogP contribution in [0.3, 0.4) is 0 Å². The second-order valence-corrected chi connectivity index (χ2v) is 8.86. The molecule has 0 saturated carbocycles. The van der Waals surface area contributed by atoms with E-state index in [1.54, 1.807) is 36.2 Å². The Morgan fingerprint density at radius 2 is 1.80 bits per heavy atom. The first-order valence-electron chi connectivity index (χ1n) is 11.3. The first-order chi connectivity index (χ1) is 16.8. The normalized spacial score (nSPS) is 12.7. The Morgan fingerprint density at radius 1 is 1.09 bits per heavy atom. The van der Waals surface area contributed by atoms with Crippen LogP contribution in [0.4, 0.5) is 4.39 Å². The van der Waals surface area contributed by atoms with Crippen LogP contribution in [0.1, 0.15) is 25.0 Å². The summed E-state index contributed by atoms with van der Waals surface area (Å²) in [6.45, 7) is 8.19. The Labute approximate surface area is 204 Å². The number of amidine groups is 1. The number of furan rings is 1. The van der Waals surface area contributed by atoms with E-state index in [1.807, 2.05) is 50.2 Å². The van der Waals surface area contributed by atoms with E-state index < -0.39 is 11.4 Å². The van der Waals surface area contributed by atoms with Crippen LogP contribution >= 0.6 is 0 Å². The zero-order valence-corrected chi connectivity index (χ0v) is 20.1. The quantitative estimate of drug-likeness (QED) is 0.110. The summed E-state index contributed by atoms with van der Waals surface area (Å²) in [6.07, 6.45) is 3.85. The third-order valence-electron chi connectivity index (χ3n) is 5.89. The van der Waals surface area contributed by atoms with E-state index in [0.717, 1.165) is 27.5 Å². The molecular weight excluding hydrogens is 441 g/mol. The SMILES string of the molecule is C=CCN(C)C(=N/C=C(\C=O)NC(C)(C)c1ccc2oc3ccccc3c2c1)c1ccccc1F. The standard InChI is InChI=1S/C29H28FN3O2/c1-5-16-33(4)28(23-11-6-8-12-25(23)30)31-18-21(19-34)32-29(2,3)20-14-15-27-24(17-20)22-10-7-9-13-26(22)35-27/h5-15,17-19,32H,1,16H2,2-4H3/b21-18+,31-28?. The summed E-state index contributed by atoms with van der Waals surface area (Å²) < 4.78 is 20.4. The Balaban J connectivity index is 1.68. The number of fused-ring (bicyclic) bond motifs is 3. The van der Waals surface area contributed by atoms with Crippen LogP contribution in [-0.2, 0) is 10.3 Å². The average molecular weight is 470 g/mol. The second-order valence-electron chi connectivity index (χ2n) is 8.86. The molecule has 1 heterocycles. The smallest absolute Gasteiger partial charge is 0.167 e. The molecular formula is C29H28FN3O2. The molecule has 1 aromatic heterocycles. The topological polar surface area (TPSA) is 57.8 Å². The van der Waals surface area contributed by atoms with Gasteiger partial charge in [-0.25, -0.2) is 9.38 Å². The number of nitrogens with zero attached hydrogens (tertiary/aromatic N) is 2. The number of aldehydes is 1. The molecule has 0 saturated heterocycles. The molecule has 0 spiro atoms. The van der Waals surface area contributed by atoms with Gasteiger partial charge in [0.05, 0.1) is 23.0 Å². The van der Waals surface area contributed by atoms with Gasteiger partial charge in [0.25, 0.3) is 0 Å². The summed E-state index contributed by atoms with van der Waals surface area (Å²) in [6, 6.07) is 20.3. The Bertz CT molecular complexity index is 1450. The van der Waals surface area contributed by atoms with Crippen molar-refractivity contribution in [2.75, 3.05) is 13.6 Å². The molecule has 0 aliphatic heterocycles. The molecule has 5 nitrogen and oxygen atoms in total. The van der Waals surface area contributed by atoms with Crippen LogP contribution in [0.15, 0.2) is 101 Å². The van der Waals surface area contributed by atoms with Crippen LogP contribution in [0.5, 0.6) is 0 Å². The van der Waals surface area contributed by atoms with Gasteiger partial charge in [0.1, 0.15) is 22.8 Å². The van der Waals surface area contributed by atoms with Crippen LogP contribution in [-0.4, -0.2) is 30.6 Å². The van der Waals surface area contributed by atoms with Crippen molar-refractivity contribution in [3.63, 3.8) is 0 Å². The van der Waals surface area contributed by atoms with Crippen LogP contribution in [0.25, 0.3) is 21.9 Å². The highest BCUT2D eigenvalue weighted by molar-refractivity contribution is 6.05. The first kappa shape index (κ1) is 24.0. The van der Waals surface area contributed by atoms with Gasteiger partial charge in [0.2, 0.25) is 0 Å². The minimum atomic E-state index is -0.597. The molecule has 0 aliphatic carbocycles. The number of allylic oxidation sites excluding steroid dienone is 1. The fraction of sp³-hybridized carbons (Fsp3) is 0.172. The highest BCUT2D eigenvalue weighted by Gasteiger charge is 2.23. The number of likely N-dealkylation sites (N-methyl/N-ethyl adjacent to an activating group) is 1. The fourth-order valence-electron chi connectivity index (χ4n) is 4.07. The summed E-state index contributed by atoms with van der Waals surface area (Å²) in [5, 5.41) is 5.33. The lowest BCUT2D eigenvalue weighted by atomic mass is 9.92. The van der Waals surface area contributed by atoms with Crippen molar-refractivity contribution < 1.29 is 13.6 Å². The number of carbonyl (C=O) groups excluding carboxylic acids is 1. The predicted octanol–water partition coefficient (Wildman–Crippen LogP) is 6.15. The predicted molar refractivity (Wildman–Crippen MR) is 140 cm³/mol. The summed E-state index contributed by atoms with van der Waals surface area (Å²) in [7, 11) is 1.79. The first-order valence-corrected chi connectivity index (χ1v) is 11.3. The van der Waals surface area contributed by atoms with Crippen molar-refractivity contribution in [3.05, 3.63) is 108 Å². The Hall–Kier alpha value is -4.19. The lowest BCUT2D eigenvalue weighted by molar-refractivity contribution is -0.105. The van der Waals surface area contributed by atoms with Crippen molar-refractivity contribution >= 4 is 34.1 Å².